The minimum absolute atomic E-state index is 0.0754. The molecule has 0 spiro atoms. The van der Waals surface area contributed by atoms with E-state index in [0.717, 1.165) is 0 Å². The number of ketones is 1. The Bertz CT molecular complexity index is 1540. The predicted molar refractivity (Wildman–Crippen MR) is 154 cm³/mol. The molecule has 11 nitrogen and oxygen atoms in total. The number of methoxy groups -OCH3 is 6. The van der Waals surface area contributed by atoms with Gasteiger partial charge in [-0.2, -0.15) is 0 Å². The van der Waals surface area contributed by atoms with Crippen LogP contribution in [-0.2, 0) is 9.53 Å². The van der Waals surface area contributed by atoms with Gasteiger partial charge in [-0.25, -0.2) is 4.79 Å². The molecule has 1 amide bonds. The van der Waals surface area contributed by atoms with Crippen molar-refractivity contribution in [2.75, 3.05) is 55.7 Å². The number of hydrogen-bond acceptors (Lipinski definition) is 10. The van der Waals surface area contributed by atoms with Crippen molar-refractivity contribution in [3.63, 3.8) is 0 Å². The van der Waals surface area contributed by atoms with E-state index in [1.54, 1.807) is 23.1 Å². The zero-order chi connectivity index (χ0) is 30.7. The molecule has 11 heteroatoms. The standard InChI is InChI=1S/C31H35NO10/c1-16(33)32-12-10-17(11-13-32)27(34)26-25(31(36)42-7)23(18-8-9-20(37-2)21(14-18)38-3)24-19(28(26)35)15-22(39-4)29(40-5)30(24)41-6/h8-9,14-15,17,35H,10-13H2,1-7H3. The maximum atomic E-state index is 14.2. The fourth-order valence-electron chi connectivity index (χ4n) is 5.58. The van der Waals surface area contributed by atoms with Gasteiger partial charge in [0.2, 0.25) is 11.7 Å². The molecule has 3 aromatic carbocycles. The van der Waals surface area contributed by atoms with Gasteiger partial charge in [0, 0.05) is 42.3 Å². The second-order valence-electron chi connectivity index (χ2n) is 9.75. The van der Waals surface area contributed by atoms with Gasteiger partial charge in [0.1, 0.15) is 5.75 Å². The quantitative estimate of drug-likeness (QED) is 0.285. The van der Waals surface area contributed by atoms with E-state index < -0.39 is 23.4 Å². The Morgan fingerprint density at radius 3 is 1.93 bits per heavy atom. The molecular weight excluding hydrogens is 546 g/mol. The number of carbonyl (C=O) groups is 3. The van der Waals surface area contributed by atoms with Gasteiger partial charge in [-0.05, 0) is 36.6 Å². The molecule has 1 N–H and O–H groups in total. The molecule has 0 unspecified atom stereocenters. The summed E-state index contributed by atoms with van der Waals surface area (Å²) in [6.07, 6.45) is 0.745. The molecule has 1 aliphatic heterocycles. The number of ether oxygens (including phenoxy) is 6. The summed E-state index contributed by atoms with van der Waals surface area (Å²) in [5.41, 5.74) is 0.399. The SMILES string of the molecule is COC(=O)c1c(C(=O)C2CCN(C(C)=O)CC2)c(O)c2cc(OC)c(OC)c(OC)c2c1-c1ccc(OC)c(OC)c1. The van der Waals surface area contributed by atoms with E-state index in [0.29, 0.717) is 48.4 Å². The number of rotatable bonds is 9. The molecule has 224 valence electrons. The van der Waals surface area contributed by atoms with Crippen molar-refractivity contribution >= 4 is 28.4 Å². The Kier molecular flexibility index (Phi) is 8.99. The molecule has 0 bridgehead atoms. The van der Waals surface area contributed by atoms with E-state index in [1.807, 2.05) is 0 Å². The summed E-state index contributed by atoms with van der Waals surface area (Å²) in [4.78, 5) is 41.4. The molecular formula is C31H35NO10. The van der Waals surface area contributed by atoms with Gasteiger partial charge in [0.25, 0.3) is 0 Å². The molecule has 4 rings (SSSR count). The lowest BCUT2D eigenvalue weighted by Gasteiger charge is -2.31. The molecule has 0 aromatic heterocycles. The smallest absolute Gasteiger partial charge is 0.339 e. The second-order valence-corrected chi connectivity index (χ2v) is 9.75. The summed E-state index contributed by atoms with van der Waals surface area (Å²) < 4.78 is 33.1. The second kappa shape index (κ2) is 12.5. The molecule has 0 aliphatic carbocycles. The third kappa shape index (κ3) is 5.10. The van der Waals surface area contributed by atoms with Crippen LogP contribution >= 0.6 is 0 Å². The highest BCUT2D eigenvalue weighted by Gasteiger charge is 2.37. The van der Waals surface area contributed by atoms with Crippen molar-refractivity contribution < 1.29 is 47.9 Å². The highest BCUT2D eigenvalue weighted by atomic mass is 16.5. The van der Waals surface area contributed by atoms with Crippen LogP contribution in [-0.4, -0.2) is 83.4 Å². The summed E-state index contributed by atoms with van der Waals surface area (Å²) in [5.74, 6) is -0.860. The molecule has 1 aliphatic rings. The number of phenolic OH excluding ortho intramolecular Hbond substituents is 1. The lowest BCUT2D eigenvalue weighted by Crippen LogP contribution is -2.39. The van der Waals surface area contributed by atoms with Gasteiger partial charge < -0.3 is 38.4 Å². The zero-order valence-corrected chi connectivity index (χ0v) is 24.8. The Labute approximate surface area is 243 Å². The molecule has 0 radical (unpaired) electrons. The topological polar surface area (TPSA) is 130 Å². The number of hydrogen-bond donors (Lipinski definition) is 1. The Hall–Kier alpha value is -4.67. The number of carbonyl (C=O) groups excluding carboxylic acids is 3. The lowest BCUT2D eigenvalue weighted by molar-refractivity contribution is -0.130. The van der Waals surface area contributed by atoms with Crippen molar-refractivity contribution in [1.29, 1.82) is 0 Å². The summed E-state index contributed by atoms with van der Waals surface area (Å²) in [7, 11) is 8.48. The summed E-state index contributed by atoms with van der Waals surface area (Å²) >= 11 is 0. The van der Waals surface area contributed by atoms with Crippen molar-refractivity contribution in [3.05, 3.63) is 35.4 Å². The number of nitrogens with zero attached hydrogens (tertiary/aromatic N) is 1. The molecule has 1 fully saturated rings. The molecule has 0 atom stereocenters. The van der Waals surface area contributed by atoms with Crippen LogP contribution in [0.2, 0.25) is 0 Å². The van der Waals surface area contributed by atoms with Gasteiger partial charge in [-0.3, -0.25) is 9.59 Å². The molecule has 42 heavy (non-hydrogen) atoms. The van der Waals surface area contributed by atoms with Crippen LogP contribution in [0.1, 0.15) is 40.5 Å². The van der Waals surface area contributed by atoms with Crippen LogP contribution in [0.15, 0.2) is 24.3 Å². The Balaban J connectivity index is 2.16. The molecule has 1 saturated heterocycles. The van der Waals surface area contributed by atoms with E-state index in [9.17, 15) is 19.5 Å². The largest absolute Gasteiger partial charge is 0.507 e. The number of benzene rings is 3. The number of amides is 1. The zero-order valence-electron chi connectivity index (χ0n) is 24.8. The first kappa shape index (κ1) is 30.3. The van der Waals surface area contributed by atoms with E-state index >= 15 is 0 Å². The molecule has 0 saturated carbocycles. The normalized spacial score (nSPS) is 13.5. The van der Waals surface area contributed by atoms with Crippen molar-refractivity contribution in [1.82, 2.24) is 4.90 Å². The van der Waals surface area contributed by atoms with Crippen LogP contribution in [0.25, 0.3) is 21.9 Å². The van der Waals surface area contributed by atoms with Crippen LogP contribution in [0, 0.1) is 5.92 Å². The third-order valence-corrected chi connectivity index (χ3v) is 7.69. The van der Waals surface area contributed by atoms with E-state index in [4.69, 9.17) is 28.4 Å². The fraction of sp³-hybridized carbons (Fsp3) is 0.387. The third-order valence-electron chi connectivity index (χ3n) is 7.69. The monoisotopic (exact) mass is 581 g/mol. The van der Waals surface area contributed by atoms with Crippen molar-refractivity contribution in [2.45, 2.75) is 19.8 Å². The van der Waals surface area contributed by atoms with Gasteiger partial charge in [0.05, 0.1) is 53.8 Å². The van der Waals surface area contributed by atoms with E-state index in [1.165, 1.54) is 55.6 Å². The van der Waals surface area contributed by atoms with Crippen LogP contribution in [0.5, 0.6) is 34.5 Å². The first-order valence-corrected chi connectivity index (χ1v) is 13.3. The number of fused-ring (bicyclic) bond motifs is 1. The van der Waals surface area contributed by atoms with Crippen LogP contribution in [0.4, 0.5) is 0 Å². The summed E-state index contributed by atoms with van der Waals surface area (Å²) in [6, 6.07) is 6.56. The Morgan fingerprint density at radius 1 is 0.786 bits per heavy atom. The van der Waals surface area contributed by atoms with Crippen molar-refractivity contribution in [2.24, 2.45) is 5.92 Å². The highest BCUT2D eigenvalue weighted by molar-refractivity contribution is 6.22. The summed E-state index contributed by atoms with van der Waals surface area (Å²) in [6.45, 7) is 2.25. The minimum Gasteiger partial charge on any atom is -0.507 e. The van der Waals surface area contributed by atoms with Crippen molar-refractivity contribution in [3.8, 4) is 45.6 Å². The molecule has 1 heterocycles. The minimum atomic E-state index is -0.835. The fourth-order valence-corrected chi connectivity index (χ4v) is 5.58. The van der Waals surface area contributed by atoms with Gasteiger partial charge in [-0.15, -0.1) is 0 Å². The van der Waals surface area contributed by atoms with E-state index in [-0.39, 0.29) is 45.2 Å². The summed E-state index contributed by atoms with van der Waals surface area (Å²) in [5, 5.41) is 12.3. The van der Waals surface area contributed by atoms with Gasteiger partial charge in [0.15, 0.2) is 28.8 Å². The number of esters is 1. The number of piperidine rings is 1. The van der Waals surface area contributed by atoms with E-state index in [2.05, 4.69) is 0 Å². The van der Waals surface area contributed by atoms with Gasteiger partial charge >= 0.3 is 5.97 Å². The maximum Gasteiger partial charge on any atom is 0.339 e. The lowest BCUT2D eigenvalue weighted by atomic mass is 9.81. The van der Waals surface area contributed by atoms with Crippen LogP contribution in [0.3, 0.4) is 0 Å². The average molecular weight is 582 g/mol. The molecule has 3 aromatic rings. The Morgan fingerprint density at radius 2 is 1.40 bits per heavy atom. The highest BCUT2D eigenvalue weighted by Crippen LogP contribution is 2.53. The first-order valence-electron chi connectivity index (χ1n) is 13.3. The predicted octanol–water partition coefficient (Wildman–Crippen LogP) is 4.48. The number of Topliss-reactive ketones (excluding diaryl/α,β-unsaturated/α-hetero) is 1. The van der Waals surface area contributed by atoms with Crippen LogP contribution < -0.4 is 23.7 Å². The number of likely N-dealkylation sites (tertiary alicyclic amines) is 1. The number of phenols is 1. The number of aromatic hydroxyl groups is 1. The van der Waals surface area contributed by atoms with Gasteiger partial charge in [-0.1, -0.05) is 6.07 Å². The maximum absolute atomic E-state index is 14.2. The first-order chi connectivity index (χ1) is 20.2. The average Bonchev–Trinajstić information content (AvgIpc) is 3.02.